The quantitative estimate of drug-likeness (QED) is 0.658. The van der Waals surface area contributed by atoms with Gasteiger partial charge in [-0.15, -0.1) is 5.10 Å². The highest BCUT2D eigenvalue weighted by molar-refractivity contribution is 14.1. The number of hydrogen-bond donors (Lipinski definition) is 0. The highest BCUT2D eigenvalue weighted by Crippen LogP contribution is 2.07. The second kappa shape index (κ2) is 4.52. The van der Waals surface area contributed by atoms with Crippen molar-refractivity contribution in [1.29, 1.82) is 0 Å². The van der Waals surface area contributed by atoms with Gasteiger partial charge in [0.25, 0.3) is 0 Å². The van der Waals surface area contributed by atoms with E-state index in [4.69, 9.17) is 0 Å². The molecule has 0 unspecified atom stereocenters. The van der Waals surface area contributed by atoms with E-state index >= 15 is 0 Å². The number of benzene rings is 1. The molecule has 0 aliphatic heterocycles. The van der Waals surface area contributed by atoms with Gasteiger partial charge in [0.15, 0.2) is 5.65 Å². The third kappa shape index (κ3) is 2.03. The molecule has 0 fully saturated rings. The lowest BCUT2D eigenvalue weighted by molar-refractivity contribution is 0.658. The zero-order valence-corrected chi connectivity index (χ0v) is 11.5. The van der Waals surface area contributed by atoms with Crippen LogP contribution < -0.4 is 5.69 Å². The van der Waals surface area contributed by atoms with Crippen molar-refractivity contribution in [2.45, 2.75) is 6.54 Å². The summed E-state index contributed by atoms with van der Waals surface area (Å²) in [5.74, 6) is 0. The molecule has 5 nitrogen and oxygen atoms in total. The van der Waals surface area contributed by atoms with Gasteiger partial charge in [-0.3, -0.25) is 4.98 Å². The van der Waals surface area contributed by atoms with Crippen LogP contribution in [0, 0.1) is 3.57 Å². The maximum absolute atomic E-state index is 12.0. The molecule has 2 heterocycles. The van der Waals surface area contributed by atoms with E-state index in [0.717, 1.165) is 5.56 Å². The van der Waals surface area contributed by atoms with Crippen LogP contribution in [0.15, 0.2) is 47.7 Å². The van der Waals surface area contributed by atoms with Crippen molar-refractivity contribution >= 4 is 28.2 Å². The SMILES string of the molecule is O=c1n(Cc2ccc(I)cc2)nc2cnccn12. The molecule has 0 radical (unpaired) electrons. The molecule has 0 spiro atoms. The fraction of sp³-hybridized carbons (Fsp3) is 0.0833. The first-order chi connectivity index (χ1) is 8.74. The first-order valence-electron chi connectivity index (χ1n) is 5.38. The van der Waals surface area contributed by atoms with E-state index in [0.29, 0.717) is 12.2 Å². The van der Waals surface area contributed by atoms with Gasteiger partial charge in [0.05, 0.1) is 12.7 Å². The standard InChI is InChI=1S/C12H9IN4O/c13-10-3-1-9(2-4-10)8-17-12(18)16-6-5-14-7-11(16)15-17/h1-7H,8H2. The van der Waals surface area contributed by atoms with Crippen LogP contribution in [0.1, 0.15) is 5.56 Å². The topological polar surface area (TPSA) is 52.2 Å². The van der Waals surface area contributed by atoms with Crippen LogP contribution in [0.2, 0.25) is 0 Å². The third-order valence-corrected chi connectivity index (χ3v) is 3.35. The number of rotatable bonds is 2. The van der Waals surface area contributed by atoms with Gasteiger partial charge >= 0.3 is 5.69 Å². The van der Waals surface area contributed by atoms with Crippen molar-refractivity contribution in [2.75, 3.05) is 0 Å². The van der Waals surface area contributed by atoms with Gasteiger partial charge in [0.2, 0.25) is 0 Å². The van der Waals surface area contributed by atoms with Crippen LogP contribution in [-0.4, -0.2) is 19.2 Å². The van der Waals surface area contributed by atoms with Crippen LogP contribution in [0.5, 0.6) is 0 Å². The highest BCUT2D eigenvalue weighted by atomic mass is 127. The summed E-state index contributed by atoms with van der Waals surface area (Å²) in [5.41, 5.74) is 1.47. The molecule has 6 heteroatoms. The molecular formula is C12H9IN4O. The fourth-order valence-corrected chi connectivity index (χ4v) is 2.11. The second-order valence-corrected chi connectivity index (χ2v) is 5.12. The Bertz CT molecular complexity index is 745. The molecule has 0 saturated carbocycles. The molecule has 0 amide bonds. The molecule has 0 atom stereocenters. The molecular weight excluding hydrogens is 343 g/mol. The molecule has 1 aromatic carbocycles. The predicted octanol–water partition coefficient (Wildman–Crippen LogP) is 1.54. The molecule has 90 valence electrons. The van der Waals surface area contributed by atoms with Gasteiger partial charge in [0.1, 0.15) is 0 Å². The van der Waals surface area contributed by atoms with E-state index in [-0.39, 0.29) is 5.69 Å². The Kier molecular flexibility index (Phi) is 2.86. The number of nitrogens with zero attached hydrogens (tertiary/aromatic N) is 4. The summed E-state index contributed by atoms with van der Waals surface area (Å²) in [4.78, 5) is 16.0. The van der Waals surface area contributed by atoms with Crippen molar-refractivity contribution in [3.63, 3.8) is 0 Å². The zero-order valence-electron chi connectivity index (χ0n) is 9.32. The van der Waals surface area contributed by atoms with Gasteiger partial charge < -0.3 is 0 Å². The molecule has 0 saturated heterocycles. The summed E-state index contributed by atoms with van der Waals surface area (Å²) in [7, 11) is 0. The largest absolute Gasteiger partial charge is 0.350 e. The monoisotopic (exact) mass is 352 g/mol. The Morgan fingerprint density at radius 3 is 2.72 bits per heavy atom. The Labute approximate surface area is 116 Å². The normalized spacial score (nSPS) is 10.9. The van der Waals surface area contributed by atoms with Crippen LogP contribution in [-0.2, 0) is 6.54 Å². The maximum Gasteiger partial charge on any atom is 0.350 e. The summed E-state index contributed by atoms with van der Waals surface area (Å²) in [6.07, 6.45) is 4.77. The van der Waals surface area contributed by atoms with E-state index in [9.17, 15) is 4.79 Å². The van der Waals surface area contributed by atoms with Crippen molar-refractivity contribution in [3.8, 4) is 0 Å². The summed E-state index contributed by atoms with van der Waals surface area (Å²) in [5, 5.41) is 4.23. The molecule has 18 heavy (non-hydrogen) atoms. The predicted molar refractivity (Wildman–Crippen MR) is 75.5 cm³/mol. The van der Waals surface area contributed by atoms with Gasteiger partial charge in [-0.1, -0.05) is 12.1 Å². The smallest absolute Gasteiger partial charge is 0.259 e. The summed E-state index contributed by atoms with van der Waals surface area (Å²) >= 11 is 2.25. The molecule has 0 N–H and O–H groups in total. The fourth-order valence-electron chi connectivity index (χ4n) is 1.75. The number of fused-ring (bicyclic) bond motifs is 1. The Morgan fingerprint density at radius 2 is 2.00 bits per heavy atom. The molecule has 0 bridgehead atoms. The maximum atomic E-state index is 12.0. The highest BCUT2D eigenvalue weighted by Gasteiger charge is 2.06. The average molecular weight is 352 g/mol. The van der Waals surface area contributed by atoms with Crippen molar-refractivity contribution in [1.82, 2.24) is 19.2 Å². The number of hydrogen-bond acceptors (Lipinski definition) is 3. The summed E-state index contributed by atoms with van der Waals surface area (Å²) in [6, 6.07) is 8.02. The van der Waals surface area contributed by atoms with Gasteiger partial charge in [-0.2, -0.15) is 0 Å². The Morgan fingerprint density at radius 1 is 1.22 bits per heavy atom. The summed E-state index contributed by atoms with van der Waals surface area (Å²) in [6.45, 7) is 0.470. The lowest BCUT2D eigenvalue weighted by Gasteiger charge is -1.99. The zero-order chi connectivity index (χ0) is 12.5. The van der Waals surface area contributed by atoms with Crippen LogP contribution >= 0.6 is 22.6 Å². The summed E-state index contributed by atoms with van der Waals surface area (Å²) < 4.78 is 4.10. The first kappa shape index (κ1) is 11.4. The van der Waals surface area contributed by atoms with E-state index in [2.05, 4.69) is 32.7 Å². The van der Waals surface area contributed by atoms with Gasteiger partial charge in [-0.25, -0.2) is 13.9 Å². The number of halogens is 1. The van der Waals surface area contributed by atoms with Crippen molar-refractivity contribution < 1.29 is 0 Å². The molecule has 0 aliphatic carbocycles. The van der Waals surface area contributed by atoms with Crippen LogP contribution in [0.25, 0.3) is 5.65 Å². The molecule has 3 aromatic rings. The van der Waals surface area contributed by atoms with Gasteiger partial charge in [-0.05, 0) is 40.3 Å². The van der Waals surface area contributed by atoms with E-state index in [1.807, 2.05) is 24.3 Å². The number of aromatic nitrogens is 4. The Balaban J connectivity index is 2.02. The minimum Gasteiger partial charge on any atom is -0.259 e. The van der Waals surface area contributed by atoms with E-state index in [1.54, 1.807) is 18.6 Å². The first-order valence-corrected chi connectivity index (χ1v) is 6.45. The lowest BCUT2D eigenvalue weighted by atomic mass is 10.2. The van der Waals surface area contributed by atoms with E-state index in [1.165, 1.54) is 12.7 Å². The lowest BCUT2D eigenvalue weighted by Crippen LogP contribution is -2.21. The van der Waals surface area contributed by atoms with Crippen LogP contribution in [0.3, 0.4) is 0 Å². The average Bonchev–Trinajstić information content (AvgIpc) is 2.70. The van der Waals surface area contributed by atoms with Crippen molar-refractivity contribution in [2.24, 2.45) is 0 Å². The van der Waals surface area contributed by atoms with E-state index < -0.39 is 0 Å². The second-order valence-electron chi connectivity index (χ2n) is 3.87. The molecule has 3 rings (SSSR count). The molecule has 0 aliphatic rings. The minimum atomic E-state index is -0.147. The minimum absolute atomic E-state index is 0.147. The van der Waals surface area contributed by atoms with Crippen molar-refractivity contribution in [3.05, 3.63) is 62.5 Å². The van der Waals surface area contributed by atoms with Gasteiger partial charge in [0, 0.05) is 16.0 Å². The molecule has 2 aromatic heterocycles. The Hall–Kier alpha value is -1.70. The third-order valence-electron chi connectivity index (χ3n) is 2.63. The van der Waals surface area contributed by atoms with Crippen LogP contribution in [0.4, 0.5) is 0 Å².